The van der Waals surface area contributed by atoms with Crippen molar-refractivity contribution >= 4 is 63.8 Å². The van der Waals surface area contributed by atoms with Crippen molar-refractivity contribution in [2.45, 2.75) is 23.4 Å². The summed E-state index contributed by atoms with van der Waals surface area (Å²) in [5.74, 6) is 0.473. The maximum Gasteiger partial charge on any atom is 0.237 e. The molecular weight excluding hydrogens is 351 g/mol. The molecule has 0 saturated carbocycles. The van der Waals surface area contributed by atoms with Crippen LogP contribution in [0.4, 0.5) is 11.4 Å². The molecule has 0 aliphatic heterocycles. The first-order chi connectivity index (χ1) is 9.86. The Balaban J connectivity index is 2.07. The third-order valence-corrected chi connectivity index (χ3v) is 5.04. The van der Waals surface area contributed by atoms with Gasteiger partial charge in [0.15, 0.2) is 4.34 Å². The van der Waals surface area contributed by atoms with Gasteiger partial charge in [0.2, 0.25) is 5.91 Å². The van der Waals surface area contributed by atoms with Crippen molar-refractivity contribution in [3.05, 3.63) is 28.0 Å². The van der Waals surface area contributed by atoms with Crippen LogP contribution in [-0.4, -0.2) is 20.5 Å². The van der Waals surface area contributed by atoms with Gasteiger partial charge in [-0.2, -0.15) is 4.37 Å². The van der Waals surface area contributed by atoms with Crippen LogP contribution in [0.3, 0.4) is 0 Å². The number of hydrogen-bond donors (Lipinski definition) is 2. The summed E-state index contributed by atoms with van der Waals surface area (Å²) in [6.07, 6.45) is 0. The minimum absolute atomic E-state index is 0.221. The largest absolute Gasteiger partial charge is 0.399 e. The molecule has 5 nitrogen and oxygen atoms in total. The molecule has 1 heterocycles. The van der Waals surface area contributed by atoms with Gasteiger partial charge in [0.25, 0.3) is 0 Å². The molecular formula is C12H12Cl2N4OS2. The van der Waals surface area contributed by atoms with Crippen molar-refractivity contribution in [3.63, 3.8) is 0 Å². The normalized spacial score (nSPS) is 12.2. The Hall–Kier alpha value is -1.02. The molecule has 0 bridgehead atoms. The average Bonchev–Trinajstić information content (AvgIpc) is 2.78. The summed E-state index contributed by atoms with van der Waals surface area (Å²) in [4.78, 5) is 16.4. The van der Waals surface area contributed by atoms with Gasteiger partial charge in [-0.3, -0.25) is 4.79 Å². The van der Waals surface area contributed by atoms with Gasteiger partial charge in [-0.15, -0.1) is 0 Å². The van der Waals surface area contributed by atoms with Crippen LogP contribution < -0.4 is 11.1 Å². The number of hydrogen-bond acceptors (Lipinski definition) is 6. The highest BCUT2D eigenvalue weighted by molar-refractivity contribution is 8.02. The Morgan fingerprint density at radius 3 is 2.57 bits per heavy atom. The molecule has 1 aromatic heterocycles. The van der Waals surface area contributed by atoms with Crippen LogP contribution in [-0.2, 0) is 4.79 Å². The third kappa shape index (κ3) is 4.23. The highest BCUT2D eigenvalue weighted by atomic mass is 35.5. The number of nitrogens with one attached hydrogen (secondary N) is 1. The maximum absolute atomic E-state index is 12.2. The number of carbonyl (C=O) groups excluding carboxylic acids is 1. The number of aromatic nitrogens is 2. The van der Waals surface area contributed by atoms with Crippen molar-refractivity contribution in [2.24, 2.45) is 0 Å². The second-order valence-corrected chi connectivity index (χ2v) is 7.37. The van der Waals surface area contributed by atoms with Crippen LogP contribution in [0.25, 0.3) is 0 Å². The summed E-state index contributed by atoms with van der Waals surface area (Å²) in [5.41, 5.74) is 6.42. The number of nitrogens with zero attached hydrogens (tertiary/aromatic N) is 2. The van der Waals surface area contributed by atoms with Crippen molar-refractivity contribution in [1.82, 2.24) is 9.36 Å². The van der Waals surface area contributed by atoms with Gasteiger partial charge in [-0.25, -0.2) is 4.98 Å². The van der Waals surface area contributed by atoms with E-state index in [2.05, 4.69) is 14.7 Å². The molecule has 9 heteroatoms. The first-order valence-electron chi connectivity index (χ1n) is 5.89. The third-order valence-electron chi connectivity index (χ3n) is 2.47. The minimum Gasteiger partial charge on any atom is -0.399 e. The smallest absolute Gasteiger partial charge is 0.237 e. The molecule has 3 N–H and O–H groups in total. The Morgan fingerprint density at radius 2 is 2.05 bits per heavy atom. The fraction of sp³-hybridized carbons (Fsp3) is 0.250. The Labute approximate surface area is 140 Å². The van der Waals surface area contributed by atoms with Gasteiger partial charge in [0.05, 0.1) is 21.0 Å². The van der Waals surface area contributed by atoms with E-state index < -0.39 is 0 Å². The molecule has 112 valence electrons. The molecule has 1 unspecified atom stereocenters. The predicted molar refractivity (Wildman–Crippen MR) is 89.5 cm³/mol. The number of anilines is 2. The van der Waals surface area contributed by atoms with Crippen LogP contribution in [0.5, 0.6) is 0 Å². The molecule has 0 aliphatic carbocycles. The number of nitrogen functional groups attached to an aromatic ring is 1. The van der Waals surface area contributed by atoms with Gasteiger partial charge in [-0.1, -0.05) is 35.0 Å². The number of rotatable bonds is 4. The van der Waals surface area contributed by atoms with Crippen LogP contribution in [0.2, 0.25) is 10.0 Å². The molecule has 1 atom stereocenters. The lowest BCUT2D eigenvalue weighted by atomic mass is 10.2. The fourth-order valence-electron chi connectivity index (χ4n) is 1.47. The van der Waals surface area contributed by atoms with Gasteiger partial charge >= 0.3 is 0 Å². The number of nitrogens with two attached hydrogens (primary N) is 1. The zero-order chi connectivity index (χ0) is 15.6. The lowest BCUT2D eigenvalue weighted by molar-refractivity contribution is -0.115. The number of thioether (sulfide) groups is 1. The highest BCUT2D eigenvalue weighted by Crippen LogP contribution is 2.34. The van der Waals surface area contributed by atoms with Crippen molar-refractivity contribution in [2.75, 3.05) is 11.1 Å². The Morgan fingerprint density at radius 1 is 1.43 bits per heavy atom. The maximum atomic E-state index is 12.2. The number of carbonyl (C=O) groups is 1. The molecule has 1 amide bonds. The first kappa shape index (κ1) is 16.4. The number of benzene rings is 1. The molecule has 21 heavy (non-hydrogen) atoms. The number of aryl methyl sites for hydroxylation is 1. The lowest BCUT2D eigenvalue weighted by Gasteiger charge is -2.13. The molecule has 2 aromatic rings. The van der Waals surface area contributed by atoms with Gasteiger partial charge in [0.1, 0.15) is 5.82 Å². The zero-order valence-corrected chi connectivity index (χ0v) is 14.3. The SMILES string of the molecule is Cc1nsc(SC(C)C(=O)Nc2c(Cl)cc(N)cc2Cl)n1. The molecule has 1 aromatic carbocycles. The summed E-state index contributed by atoms with van der Waals surface area (Å²) in [5, 5.41) is 2.96. The van der Waals surface area contributed by atoms with Crippen molar-refractivity contribution in [3.8, 4) is 0 Å². The van der Waals surface area contributed by atoms with Crippen molar-refractivity contribution in [1.29, 1.82) is 0 Å². The summed E-state index contributed by atoms with van der Waals surface area (Å²) in [6.45, 7) is 3.58. The van der Waals surface area contributed by atoms with E-state index in [0.717, 1.165) is 4.34 Å². The van der Waals surface area contributed by atoms with E-state index in [1.165, 1.54) is 35.4 Å². The standard InChI is InChI=1S/C12H12Cl2N4OS2/c1-5(20-12-16-6(2)18-21-12)11(19)17-10-8(13)3-7(15)4-9(10)14/h3-5H,15H2,1-2H3,(H,17,19). The molecule has 0 spiro atoms. The van der Waals surface area contributed by atoms with Crippen LogP contribution in [0, 0.1) is 6.92 Å². The molecule has 0 aliphatic rings. The number of amides is 1. The van der Waals surface area contributed by atoms with E-state index >= 15 is 0 Å². The van der Waals surface area contributed by atoms with Gasteiger partial charge in [-0.05, 0) is 37.5 Å². The molecule has 0 saturated heterocycles. The number of halogens is 2. The summed E-state index contributed by atoms with van der Waals surface area (Å²) in [6, 6.07) is 3.07. The molecule has 0 fully saturated rings. The molecule has 0 radical (unpaired) electrons. The summed E-state index contributed by atoms with van der Waals surface area (Å²) in [7, 11) is 0. The van der Waals surface area contributed by atoms with Gasteiger partial charge in [0, 0.05) is 5.69 Å². The van der Waals surface area contributed by atoms with E-state index in [0.29, 0.717) is 27.2 Å². The lowest BCUT2D eigenvalue weighted by Crippen LogP contribution is -2.22. The zero-order valence-electron chi connectivity index (χ0n) is 11.2. The van der Waals surface area contributed by atoms with Crippen LogP contribution >= 0.6 is 46.5 Å². The van der Waals surface area contributed by atoms with E-state index in [1.807, 2.05) is 0 Å². The topological polar surface area (TPSA) is 80.9 Å². The Kier molecular flexibility index (Phi) is 5.32. The first-order valence-corrected chi connectivity index (χ1v) is 8.30. The predicted octanol–water partition coefficient (Wildman–Crippen LogP) is 3.85. The second-order valence-electron chi connectivity index (χ2n) is 4.22. The van der Waals surface area contributed by atoms with Gasteiger partial charge < -0.3 is 11.1 Å². The van der Waals surface area contributed by atoms with E-state index in [1.54, 1.807) is 13.8 Å². The van der Waals surface area contributed by atoms with E-state index in [9.17, 15) is 4.79 Å². The Bertz CT molecular complexity index is 654. The van der Waals surface area contributed by atoms with Crippen molar-refractivity contribution < 1.29 is 4.79 Å². The monoisotopic (exact) mass is 362 g/mol. The summed E-state index contributed by atoms with van der Waals surface area (Å²) < 4.78 is 4.81. The van der Waals surface area contributed by atoms with E-state index in [-0.39, 0.29) is 11.2 Å². The van der Waals surface area contributed by atoms with Crippen LogP contribution in [0.15, 0.2) is 16.5 Å². The minimum atomic E-state index is -0.359. The second kappa shape index (κ2) is 6.83. The quantitative estimate of drug-likeness (QED) is 0.637. The fourth-order valence-corrected chi connectivity index (χ4v) is 3.86. The van der Waals surface area contributed by atoms with Crippen LogP contribution in [0.1, 0.15) is 12.7 Å². The van der Waals surface area contributed by atoms with E-state index in [4.69, 9.17) is 28.9 Å². The molecule has 2 rings (SSSR count). The highest BCUT2D eigenvalue weighted by Gasteiger charge is 2.19. The average molecular weight is 363 g/mol. The summed E-state index contributed by atoms with van der Waals surface area (Å²) >= 11 is 14.7.